The zero-order valence-electron chi connectivity index (χ0n) is 10.2. The zero-order valence-corrected chi connectivity index (χ0v) is 11.0. The van der Waals surface area contributed by atoms with E-state index in [1.807, 2.05) is 0 Å². The largest absolute Gasteiger partial charge is 0.388 e. The van der Waals surface area contributed by atoms with E-state index in [0.29, 0.717) is 23.1 Å². The van der Waals surface area contributed by atoms with Crippen LogP contribution in [0.2, 0.25) is 5.02 Å². The fourth-order valence-corrected chi connectivity index (χ4v) is 2.63. The van der Waals surface area contributed by atoms with Crippen LogP contribution in [-0.4, -0.2) is 17.8 Å². The fourth-order valence-electron chi connectivity index (χ4n) is 2.34. The van der Waals surface area contributed by atoms with Crippen LogP contribution in [0.3, 0.4) is 0 Å². The zero-order chi connectivity index (χ0) is 13.0. The summed E-state index contributed by atoms with van der Waals surface area (Å²) in [6, 6.07) is 4.11. The molecular formula is C14H18ClFO2. The van der Waals surface area contributed by atoms with E-state index in [0.717, 1.165) is 32.3 Å². The normalized spacial score (nSPS) is 21.2. The third-order valence-electron chi connectivity index (χ3n) is 3.35. The van der Waals surface area contributed by atoms with E-state index in [2.05, 4.69) is 0 Å². The summed E-state index contributed by atoms with van der Waals surface area (Å²) in [6.07, 6.45) is 4.46. The number of aliphatic hydroxyl groups excluding tert-OH is 1. The highest BCUT2D eigenvalue weighted by molar-refractivity contribution is 6.31. The molecule has 2 nitrogen and oxygen atoms in total. The van der Waals surface area contributed by atoms with Crippen molar-refractivity contribution in [3.8, 4) is 0 Å². The molecular weight excluding hydrogens is 255 g/mol. The molecule has 100 valence electrons. The molecule has 0 amide bonds. The third kappa shape index (κ3) is 3.67. The molecule has 0 bridgehead atoms. The molecule has 1 fully saturated rings. The van der Waals surface area contributed by atoms with Crippen molar-refractivity contribution in [3.05, 3.63) is 34.6 Å². The van der Waals surface area contributed by atoms with Crippen molar-refractivity contribution in [2.24, 2.45) is 0 Å². The molecule has 0 aliphatic carbocycles. The first-order valence-corrected chi connectivity index (χ1v) is 6.79. The molecule has 0 radical (unpaired) electrons. The average Bonchev–Trinajstić information content (AvgIpc) is 2.81. The molecule has 1 aromatic rings. The molecule has 0 aromatic heterocycles. The van der Waals surface area contributed by atoms with Gasteiger partial charge in [0.25, 0.3) is 0 Å². The van der Waals surface area contributed by atoms with Crippen molar-refractivity contribution in [2.75, 3.05) is 6.61 Å². The van der Waals surface area contributed by atoms with E-state index in [1.54, 1.807) is 6.07 Å². The quantitative estimate of drug-likeness (QED) is 0.882. The van der Waals surface area contributed by atoms with E-state index in [4.69, 9.17) is 16.3 Å². The van der Waals surface area contributed by atoms with Crippen LogP contribution in [0.15, 0.2) is 18.2 Å². The van der Waals surface area contributed by atoms with Gasteiger partial charge in [0.15, 0.2) is 0 Å². The van der Waals surface area contributed by atoms with Gasteiger partial charge in [0, 0.05) is 11.6 Å². The Morgan fingerprint density at radius 3 is 3.00 bits per heavy atom. The number of hydrogen-bond donors (Lipinski definition) is 1. The minimum atomic E-state index is -0.625. The van der Waals surface area contributed by atoms with Gasteiger partial charge in [0.05, 0.1) is 12.2 Å². The second kappa shape index (κ2) is 6.50. The van der Waals surface area contributed by atoms with Crippen LogP contribution in [-0.2, 0) is 4.74 Å². The molecule has 2 atom stereocenters. The predicted molar refractivity (Wildman–Crippen MR) is 69.2 cm³/mol. The van der Waals surface area contributed by atoms with Crippen molar-refractivity contribution in [3.63, 3.8) is 0 Å². The van der Waals surface area contributed by atoms with Gasteiger partial charge >= 0.3 is 0 Å². The van der Waals surface area contributed by atoms with Gasteiger partial charge in [-0.05, 0) is 49.8 Å². The Morgan fingerprint density at radius 1 is 1.50 bits per heavy atom. The molecule has 0 saturated carbocycles. The Labute approximate surface area is 112 Å². The maximum Gasteiger partial charge on any atom is 0.124 e. The fraction of sp³-hybridized carbons (Fsp3) is 0.571. The van der Waals surface area contributed by atoms with E-state index >= 15 is 0 Å². The smallest absolute Gasteiger partial charge is 0.124 e. The predicted octanol–water partition coefficient (Wildman–Crippen LogP) is 3.86. The van der Waals surface area contributed by atoms with Crippen molar-refractivity contribution in [2.45, 2.75) is 44.3 Å². The lowest BCUT2D eigenvalue weighted by Crippen LogP contribution is -2.06. The van der Waals surface area contributed by atoms with Gasteiger partial charge in [-0.1, -0.05) is 17.7 Å². The number of benzene rings is 1. The topological polar surface area (TPSA) is 29.5 Å². The van der Waals surface area contributed by atoms with Crippen LogP contribution in [0.5, 0.6) is 0 Å². The Kier molecular flexibility index (Phi) is 4.98. The third-order valence-corrected chi connectivity index (χ3v) is 3.68. The lowest BCUT2D eigenvalue weighted by atomic mass is 10.0. The van der Waals surface area contributed by atoms with Crippen molar-refractivity contribution in [1.29, 1.82) is 0 Å². The minimum Gasteiger partial charge on any atom is -0.388 e. The Bertz CT molecular complexity index is 391. The molecule has 18 heavy (non-hydrogen) atoms. The van der Waals surface area contributed by atoms with E-state index in [-0.39, 0.29) is 5.82 Å². The number of ether oxygens (including phenoxy) is 1. The lowest BCUT2D eigenvalue weighted by Gasteiger charge is -2.14. The molecule has 1 aliphatic rings. The summed E-state index contributed by atoms with van der Waals surface area (Å²) in [4.78, 5) is 0. The second-order valence-electron chi connectivity index (χ2n) is 4.75. The van der Waals surface area contributed by atoms with Crippen molar-refractivity contribution >= 4 is 11.6 Å². The standard InChI is InChI=1S/C14H18ClFO2/c15-13-9-10(16)6-7-12(13)14(17)5-1-3-11-4-2-8-18-11/h6-7,9,11,14,17H,1-5,8H2. The van der Waals surface area contributed by atoms with E-state index < -0.39 is 6.10 Å². The first kappa shape index (κ1) is 13.8. The lowest BCUT2D eigenvalue weighted by molar-refractivity contribution is 0.0945. The van der Waals surface area contributed by atoms with Gasteiger partial charge in [-0.25, -0.2) is 4.39 Å². The first-order valence-electron chi connectivity index (χ1n) is 6.41. The van der Waals surface area contributed by atoms with Crippen LogP contribution in [0.25, 0.3) is 0 Å². The highest BCUT2D eigenvalue weighted by atomic mass is 35.5. The maximum atomic E-state index is 12.9. The summed E-state index contributed by atoms with van der Waals surface area (Å²) in [5, 5.41) is 10.3. The summed E-state index contributed by atoms with van der Waals surface area (Å²) < 4.78 is 18.4. The van der Waals surface area contributed by atoms with E-state index in [1.165, 1.54) is 12.1 Å². The summed E-state index contributed by atoms with van der Waals surface area (Å²) >= 11 is 5.91. The first-order chi connectivity index (χ1) is 8.66. The van der Waals surface area contributed by atoms with Crippen LogP contribution in [0, 0.1) is 5.82 Å². The molecule has 1 aliphatic heterocycles. The molecule has 1 aromatic carbocycles. The molecule has 1 saturated heterocycles. The van der Waals surface area contributed by atoms with Crippen molar-refractivity contribution < 1.29 is 14.2 Å². The van der Waals surface area contributed by atoms with Crippen molar-refractivity contribution in [1.82, 2.24) is 0 Å². The number of hydrogen-bond acceptors (Lipinski definition) is 2. The molecule has 4 heteroatoms. The number of aliphatic hydroxyl groups is 1. The van der Waals surface area contributed by atoms with Crippen LogP contribution < -0.4 is 0 Å². The summed E-state index contributed by atoms with van der Waals surface area (Å²) in [5.74, 6) is -0.379. The molecule has 2 rings (SSSR count). The van der Waals surface area contributed by atoms with Crippen LogP contribution in [0.1, 0.15) is 43.8 Å². The SMILES string of the molecule is OC(CCCC1CCCO1)c1ccc(F)cc1Cl. The van der Waals surface area contributed by atoms with Gasteiger partial charge in [0.2, 0.25) is 0 Å². The molecule has 1 heterocycles. The van der Waals surface area contributed by atoms with Gasteiger partial charge < -0.3 is 9.84 Å². The summed E-state index contributed by atoms with van der Waals surface area (Å²) in [7, 11) is 0. The monoisotopic (exact) mass is 272 g/mol. The Morgan fingerprint density at radius 2 is 2.33 bits per heavy atom. The Hall–Kier alpha value is -0.640. The highest BCUT2D eigenvalue weighted by Crippen LogP contribution is 2.28. The van der Waals surface area contributed by atoms with E-state index in [9.17, 15) is 9.50 Å². The molecule has 0 spiro atoms. The second-order valence-corrected chi connectivity index (χ2v) is 5.15. The number of halogens is 2. The molecule has 2 unspecified atom stereocenters. The number of rotatable bonds is 5. The summed E-state index contributed by atoms with van der Waals surface area (Å²) in [5.41, 5.74) is 0.602. The Balaban J connectivity index is 1.81. The average molecular weight is 273 g/mol. The maximum absolute atomic E-state index is 12.9. The summed E-state index contributed by atoms with van der Waals surface area (Å²) in [6.45, 7) is 0.858. The van der Waals surface area contributed by atoms with Crippen LogP contribution >= 0.6 is 11.6 Å². The van der Waals surface area contributed by atoms with Crippen LogP contribution in [0.4, 0.5) is 4.39 Å². The van der Waals surface area contributed by atoms with Gasteiger partial charge in [0.1, 0.15) is 5.82 Å². The highest BCUT2D eigenvalue weighted by Gasteiger charge is 2.17. The minimum absolute atomic E-state index is 0.291. The van der Waals surface area contributed by atoms with Gasteiger partial charge in [-0.15, -0.1) is 0 Å². The molecule has 1 N–H and O–H groups in total. The van der Waals surface area contributed by atoms with Gasteiger partial charge in [-0.3, -0.25) is 0 Å². The van der Waals surface area contributed by atoms with Gasteiger partial charge in [-0.2, -0.15) is 0 Å².